The number of halogens is 1. The summed E-state index contributed by atoms with van der Waals surface area (Å²) in [7, 11) is 0. The lowest BCUT2D eigenvalue weighted by atomic mass is 9.95. The van der Waals surface area contributed by atoms with E-state index < -0.39 is 0 Å². The number of hydrogen-bond acceptors (Lipinski definition) is 4. The van der Waals surface area contributed by atoms with Crippen LogP contribution in [0.3, 0.4) is 0 Å². The first kappa shape index (κ1) is 11.3. The standard InChI is InChI=1S/C13H13ClN4/c1-2-10-11-9-4-3-8(14)5-7(9)6-16-12(11)18-13(15)17-10/h3-5H,2,6H2,1H3,(H3,15,16,17,18). The van der Waals surface area contributed by atoms with Crippen LogP contribution in [0.2, 0.25) is 5.02 Å². The molecule has 0 spiro atoms. The maximum absolute atomic E-state index is 6.02. The van der Waals surface area contributed by atoms with E-state index in [2.05, 4.69) is 22.2 Å². The quantitative estimate of drug-likeness (QED) is 0.828. The number of nitrogens with two attached hydrogens (primary N) is 1. The summed E-state index contributed by atoms with van der Waals surface area (Å²) in [6.07, 6.45) is 0.818. The number of fused-ring (bicyclic) bond motifs is 3. The number of nitrogen functional groups attached to an aromatic ring is 1. The molecule has 1 aliphatic heterocycles. The van der Waals surface area contributed by atoms with E-state index in [9.17, 15) is 0 Å². The minimum Gasteiger partial charge on any atom is -0.368 e. The minimum atomic E-state index is 0.315. The van der Waals surface area contributed by atoms with Gasteiger partial charge < -0.3 is 11.1 Å². The molecule has 1 aromatic heterocycles. The number of nitrogens with zero attached hydrogens (tertiary/aromatic N) is 2. The van der Waals surface area contributed by atoms with Crippen LogP contribution in [0.4, 0.5) is 11.8 Å². The average molecular weight is 261 g/mol. The predicted molar refractivity (Wildman–Crippen MR) is 73.6 cm³/mol. The van der Waals surface area contributed by atoms with Gasteiger partial charge in [0.1, 0.15) is 5.82 Å². The molecule has 1 aliphatic rings. The van der Waals surface area contributed by atoms with Crippen molar-refractivity contribution in [2.75, 3.05) is 11.1 Å². The molecule has 4 nitrogen and oxygen atoms in total. The molecule has 0 unspecified atom stereocenters. The number of benzene rings is 1. The lowest BCUT2D eigenvalue weighted by Crippen LogP contribution is -2.14. The van der Waals surface area contributed by atoms with E-state index in [0.29, 0.717) is 12.5 Å². The van der Waals surface area contributed by atoms with Gasteiger partial charge in [-0.05, 0) is 29.7 Å². The molecule has 0 fully saturated rings. The summed E-state index contributed by atoms with van der Waals surface area (Å²) in [6.45, 7) is 2.77. The molecule has 0 bridgehead atoms. The van der Waals surface area contributed by atoms with E-state index in [1.807, 2.05) is 18.2 Å². The molecular weight excluding hydrogens is 248 g/mol. The number of anilines is 2. The van der Waals surface area contributed by atoms with Gasteiger partial charge in [0, 0.05) is 17.1 Å². The molecule has 0 saturated heterocycles. The van der Waals surface area contributed by atoms with Gasteiger partial charge in [0.15, 0.2) is 0 Å². The number of hydrogen-bond donors (Lipinski definition) is 2. The summed E-state index contributed by atoms with van der Waals surface area (Å²) in [6, 6.07) is 5.89. The zero-order valence-corrected chi connectivity index (χ0v) is 10.8. The molecule has 92 valence electrons. The van der Waals surface area contributed by atoms with Crippen molar-refractivity contribution < 1.29 is 0 Å². The van der Waals surface area contributed by atoms with Gasteiger partial charge in [0.2, 0.25) is 5.95 Å². The third-order valence-corrected chi connectivity index (χ3v) is 3.35. The van der Waals surface area contributed by atoms with Crippen molar-refractivity contribution >= 4 is 23.4 Å². The van der Waals surface area contributed by atoms with Gasteiger partial charge in [-0.2, -0.15) is 4.98 Å². The molecule has 3 rings (SSSR count). The second kappa shape index (κ2) is 4.14. The molecule has 0 amide bonds. The second-order valence-corrected chi connectivity index (χ2v) is 4.70. The Kier molecular flexibility index (Phi) is 2.59. The predicted octanol–water partition coefficient (Wildman–Crippen LogP) is 2.87. The van der Waals surface area contributed by atoms with E-state index in [1.54, 1.807) is 0 Å². The molecule has 0 saturated carbocycles. The first-order valence-electron chi connectivity index (χ1n) is 5.88. The van der Waals surface area contributed by atoms with Crippen LogP contribution in [0.5, 0.6) is 0 Å². The zero-order valence-electron chi connectivity index (χ0n) is 10.00. The highest BCUT2D eigenvalue weighted by molar-refractivity contribution is 6.30. The van der Waals surface area contributed by atoms with Crippen molar-refractivity contribution in [2.24, 2.45) is 0 Å². The number of nitrogens with one attached hydrogen (secondary N) is 1. The van der Waals surface area contributed by atoms with Gasteiger partial charge in [-0.1, -0.05) is 24.6 Å². The second-order valence-electron chi connectivity index (χ2n) is 4.26. The van der Waals surface area contributed by atoms with Crippen molar-refractivity contribution in [3.05, 3.63) is 34.5 Å². The van der Waals surface area contributed by atoms with Crippen molar-refractivity contribution in [2.45, 2.75) is 19.9 Å². The fourth-order valence-electron chi connectivity index (χ4n) is 2.32. The van der Waals surface area contributed by atoms with Crippen molar-refractivity contribution in [3.63, 3.8) is 0 Å². The van der Waals surface area contributed by atoms with Crippen LogP contribution >= 0.6 is 11.6 Å². The van der Waals surface area contributed by atoms with Crippen LogP contribution in [0.1, 0.15) is 18.2 Å². The highest BCUT2D eigenvalue weighted by atomic mass is 35.5. The molecule has 2 aromatic rings. The minimum absolute atomic E-state index is 0.315. The van der Waals surface area contributed by atoms with Crippen molar-refractivity contribution in [1.82, 2.24) is 9.97 Å². The van der Waals surface area contributed by atoms with Crippen LogP contribution < -0.4 is 11.1 Å². The Labute approximate surface area is 110 Å². The Morgan fingerprint density at radius 1 is 1.39 bits per heavy atom. The molecule has 2 heterocycles. The van der Waals surface area contributed by atoms with Gasteiger partial charge in [0.05, 0.1) is 5.69 Å². The van der Waals surface area contributed by atoms with Crippen LogP contribution in [-0.4, -0.2) is 9.97 Å². The Morgan fingerprint density at radius 2 is 2.22 bits per heavy atom. The first-order valence-corrected chi connectivity index (χ1v) is 6.26. The molecular formula is C13H13ClN4. The summed E-state index contributed by atoms with van der Waals surface area (Å²) >= 11 is 6.02. The van der Waals surface area contributed by atoms with Gasteiger partial charge >= 0.3 is 0 Å². The Hall–Kier alpha value is -1.81. The van der Waals surface area contributed by atoms with Crippen molar-refractivity contribution in [1.29, 1.82) is 0 Å². The highest BCUT2D eigenvalue weighted by Crippen LogP contribution is 2.37. The molecule has 0 radical (unpaired) electrons. The maximum Gasteiger partial charge on any atom is 0.222 e. The molecule has 1 aromatic carbocycles. The molecule has 18 heavy (non-hydrogen) atoms. The highest BCUT2D eigenvalue weighted by Gasteiger charge is 2.21. The number of rotatable bonds is 1. The van der Waals surface area contributed by atoms with Crippen LogP contribution in [0.15, 0.2) is 18.2 Å². The molecule has 3 N–H and O–H groups in total. The Balaban J connectivity index is 2.28. The SMILES string of the molecule is CCc1nc(N)nc2c1-c1ccc(Cl)cc1CN2. The van der Waals surface area contributed by atoms with E-state index in [4.69, 9.17) is 17.3 Å². The Morgan fingerprint density at radius 3 is 3.00 bits per heavy atom. The summed E-state index contributed by atoms with van der Waals surface area (Å²) in [4.78, 5) is 8.59. The first-order chi connectivity index (χ1) is 8.69. The van der Waals surface area contributed by atoms with Crippen molar-refractivity contribution in [3.8, 4) is 11.1 Å². The summed E-state index contributed by atoms with van der Waals surface area (Å²) in [5.41, 5.74) is 10.0. The lowest BCUT2D eigenvalue weighted by molar-refractivity contribution is 0.985. The third-order valence-electron chi connectivity index (χ3n) is 3.12. The third kappa shape index (κ3) is 1.69. The molecule has 5 heteroatoms. The van der Waals surface area contributed by atoms with Crippen LogP contribution in [-0.2, 0) is 13.0 Å². The Bertz CT molecular complexity index is 607. The zero-order chi connectivity index (χ0) is 12.7. The topological polar surface area (TPSA) is 63.8 Å². The lowest BCUT2D eigenvalue weighted by Gasteiger charge is -2.22. The van der Waals surface area contributed by atoms with E-state index in [1.165, 1.54) is 0 Å². The average Bonchev–Trinajstić information content (AvgIpc) is 2.37. The maximum atomic E-state index is 6.02. The van der Waals surface area contributed by atoms with Gasteiger partial charge in [-0.15, -0.1) is 0 Å². The smallest absolute Gasteiger partial charge is 0.222 e. The number of aryl methyl sites for hydroxylation is 1. The van der Waals surface area contributed by atoms with Gasteiger partial charge in [-0.25, -0.2) is 4.98 Å². The van der Waals surface area contributed by atoms with Crippen LogP contribution in [0, 0.1) is 0 Å². The molecule has 0 aliphatic carbocycles. The van der Waals surface area contributed by atoms with E-state index in [0.717, 1.165) is 39.6 Å². The monoisotopic (exact) mass is 260 g/mol. The summed E-state index contributed by atoms with van der Waals surface area (Å²) < 4.78 is 0. The van der Waals surface area contributed by atoms with Gasteiger partial charge in [-0.3, -0.25) is 0 Å². The summed E-state index contributed by atoms with van der Waals surface area (Å²) in [5, 5.41) is 4.02. The molecule has 0 atom stereocenters. The fourth-order valence-corrected chi connectivity index (χ4v) is 2.52. The van der Waals surface area contributed by atoms with E-state index in [-0.39, 0.29) is 0 Å². The van der Waals surface area contributed by atoms with Gasteiger partial charge in [0.25, 0.3) is 0 Å². The van der Waals surface area contributed by atoms with Crippen LogP contribution in [0.25, 0.3) is 11.1 Å². The van der Waals surface area contributed by atoms with E-state index >= 15 is 0 Å². The fraction of sp³-hybridized carbons (Fsp3) is 0.231. The normalized spacial score (nSPS) is 12.6. The summed E-state index contributed by atoms with van der Waals surface area (Å²) in [5.74, 6) is 1.13. The largest absolute Gasteiger partial charge is 0.368 e. The number of aromatic nitrogens is 2.